The zero-order chi connectivity index (χ0) is 15.9. The number of pyridine rings is 1. The first kappa shape index (κ1) is 15.6. The van der Waals surface area contributed by atoms with Gasteiger partial charge in [-0.05, 0) is 45.0 Å². The molecule has 1 aromatic carbocycles. The van der Waals surface area contributed by atoms with Crippen molar-refractivity contribution >= 4 is 17.4 Å². The molecular weight excluding hydrogens is 274 g/mol. The zero-order valence-corrected chi connectivity index (χ0v) is 13.0. The molecule has 4 heteroatoms. The first-order chi connectivity index (χ1) is 10.6. The molecule has 1 heterocycles. The maximum absolute atomic E-state index is 12.1. The maximum Gasteiger partial charge on any atom is 0.256 e. The lowest BCUT2D eigenvalue weighted by Crippen LogP contribution is -2.28. The number of amidine groups is 1. The van der Waals surface area contributed by atoms with E-state index in [2.05, 4.69) is 15.3 Å². The van der Waals surface area contributed by atoms with E-state index < -0.39 is 0 Å². The number of aryl methyl sites for hydroxylation is 1. The third-order valence-electron chi connectivity index (χ3n) is 3.10. The van der Waals surface area contributed by atoms with Crippen LogP contribution in [-0.2, 0) is 0 Å². The Labute approximate surface area is 130 Å². The van der Waals surface area contributed by atoms with Gasteiger partial charge in [0.15, 0.2) is 0 Å². The molecule has 1 amide bonds. The zero-order valence-electron chi connectivity index (χ0n) is 13.0. The van der Waals surface area contributed by atoms with Crippen LogP contribution in [0, 0.1) is 6.92 Å². The fraction of sp³-hybridized carbons (Fsp3) is 0.167. The number of nitrogens with one attached hydrogen (secondary N) is 1. The number of amides is 1. The van der Waals surface area contributed by atoms with Gasteiger partial charge in [-0.25, -0.2) is 4.99 Å². The van der Waals surface area contributed by atoms with Crippen LogP contribution >= 0.6 is 0 Å². The summed E-state index contributed by atoms with van der Waals surface area (Å²) < 4.78 is 0. The molecule has 4 nitrogen and oxygen atoms in total. The number of carbonyl (C=O) groups is 1. The average molecular weight is 293 g/mol. The predicted molar refractivity (Wildman–Crippen MR) is 89.6 cm³/mol. The Balaban J connectivity index is 2.12. The summed E-state index contributed by atoms with van der Waals surface area (Å²) in [5, 5.41) is 2.79. The van der Waals surface area contributed by atoms with Gasteiger partial charge < -0.3 is 5.32 Å². The van der Waals surface area contributed by atoms with Gasteiger partial charge in [0.1, 0.15) is 5.84 Å². The van der Waals surface area contributed by atoms with Crippen molar-refractivity contribution in [3.63, 3.8) is 0 Å². The van der Waals surface area contributed by atoms with Crippen molar-refractivity contribution in [2.75, 3.05) is 0 Å². The fourth-order valence-corrected chi connectivity index (χ4v) is 1.93. The largest absolute Gasteiger partial charge is 0.310 e. The minimum Gasteiger partial charge on any atom is -0.310 e. The highest BCUT2D eigenvalue weighted by Gasteiger charge is 2.07. The minimum absolute atomic E-state index is 0.169. The highest BCUT2D eigenvalue weighted by Crippen LogP contribution is 2.12. The fourth-order valence-electron chi connectivity index (χ4n) is 1.93. The molecule has 0 bridgehead atoms. The van der Waals surface area contributed by atoms with E-state index in [9.17, 15) is 4.79 Å². The van der Waals surface area contributed by atoms with Crippen LogP contribution in [0.5, 0.6) is 0 Å². The summed E-state index contributed by atoms with van der Waals surface area (Å²) in [7, 11) is 0. The Hall–Kier alpha value is -2.75. The van der Waals surface area contributed by atoms with Gasteiger partial charge in [-0.15, -0.1) is 0 Å². The Morgan fingerprint density at radius 1 is 1.18 bits per heavy atom. The van der Waals surface area contributed by atoms with Gasteiger partial charge in [-0.1, -0.05) is 29.8 Å². The molecule has 1 aromatic heterocycles. The summed E-state index contributed by atoms with van der Waals surface area (Å²) in [6.45, 7) is 5.64. The molecule has 0 spiro atoms. The van der Waals surface area contributed by atoms with Crippen molar-refractivity contribution in [1.29, 1.82) is 0 Å². The summed E-state index contributed by atoms with van der Waals surface area (Å²) >= 11 is 0. The number of nitrogens with zero attached hydrogens (tertiary/aromatic N) is 2. The van der Waals surface area contributed by atoms with E-state index in [4.69, 9.17) is 0 Å². The molecule has 2 rings (SSSR count). The Bertz CT molecular complexity index is 701. The molecule has 0 aliphatic heterocycles. The average Bonchev–Trinajstić information content (AvgIpc) is 2.54. The van der Waals surface area contributed by atoms with Gasteiger partial charge in [-0.2, -0.15) is 0 Å². The summed E-state index contributed by atoms with van der Waals surface area (Å²) in [5.41, 5.74) is 3.23. The Morgan fingerprint density at radius 2 is 1.91 bits per heavy atom. The van der Waals surface area contributed by atoms with E-state index in [-0.39, 0.29) is 5.91 Å². The Kier molecular flexibility index (Phi) is 5.20. The highest BCUT2D eigenvalue weighted by atomic mass is 16.1. The molecule has 0 radical (unpaired) electrons. The van der Waals surface area contributed by atoms with Gasteiger partial charge in [0, 0.05) is 11.8 Å². The summed E-state index contributed by atoms with van der Waals surface area (Å²) in [6, 6.07) is 13.1. The molecule has 0 saturated carbocycles. The molecule has 0 fully saturated rings. The van der Waals surface area contributed by atoms with E-state index in [0.717, 1.165) is 17.0 Å². The van der Waals surface area contributed by atoms with Crippen molar-refractivity contribution in [1.82, 2.24) is 10.3 Å². The van der Waals surface area contributed by atoms with E-state index in [1.807, 2.05) is 50.3 Å². The molecule has 0 unspecified atom stereocenters. The molecule has 112 valence electrons. The molecule has 1 N–H and O–H groups in total. The molecule has 22 heavy (non-hydrogen) atoms. The van der Waals surface area contributed by atoms with Crippen molar-refractivity contribution in [2.45, 2.75) is 20.8 Å². The van der Waals surface area contributed by atoms with Crippen LogP contribution in [0.1, 0.15) is 35.5 Å². The van der Waals surface area contributed by atoms with E-state index in [1.54, 1.807) is 25.3 Å². The van der Waals surface area contributed by atoms with Crippen molar-refractivity contribution in [3.05, 3.63) is 71.6 Å². The first-order valence-corrected chi connectivity index (χ1v) is 7.11. The van der Waals surface area contributed by atoms with Crippen molar-refractivity contribution in [2.24, 2.45) is 4.99 Å². The van der Waals surface area contributed by atoms with Gasteiger partial charge >= 0.3 is 0 Å². The lowest BCUT2D eigenvalue weighted by Gasteiger charge is -2.07. The van der Waals surface area contributed by atoms with Crippen LogP contribution in [0.2, 0.25) is 0 Å². The van der Waals surface area contributed by atoms with Gasteiger partial charge in [0.05, 0.1) is 11.4 Å². The van der Waals surface area contributed by atoms with E-state index >= 15 is 0 Å². The van der Waals surface area contributed by atoms with Crippen LogP contribution in [0.25, 0.3) is 5.70 Å². The van der Waals surface area contributed by atoms with Crippen LogP contribution in [0.15, 0.2) is 59.7 Å². The lowest BCUT2D eigenvalue weighted by molar-refractivity contribution is 0.0977. The number of hydrogen-bond acceptors (Lipinski definition) is 3. The molecule has 0 aliphatic carbocycles. The predicted octanol–water partition coefficient (Wildman–Crippen LogP) is 3.60. The summed E-state index contributed by atoms with van der Waals surface area (Å²) in [4.78, 5) is 20.8. The van der Waals surface area contributed by atoms with Gasteiger partial charge in [0.2, 0.25) is 0 Å². The second-order valence-corrected chi connectivity index (χ2v) is 4.91. The van der Waals surface area contributed by atoms with Crippen molar-refractivity contribution in [3.8, 4) is 0 Å². The van der Waals surface area contributed by atoms with Crippen LogP contribution in [0.4, 0.5) is 0 Å². The van der Waals surface area contributed by atoms with E-state index in [0.29, 0.717) is 11.4 Å². The highest BCUT2D eigenvalue weighted by molar-refractivity contribution is 6.06. The topological polar surface area (TPSA) is 54.4 Å². The van der Waals surface area contributed by atoms with E-state index in [1.165, 1.54) is 0 Å². The third kappa shape index (κ3) is 4.12. The quantitative estimate of drug-likeness (QED) is 0.694. The van der Waals surface area contributed by atoms with Crippen LogP contribution in [0.3, 0.4) is 0 Å². The number of aliphatic imine (C=N–C) groups is 1. The maximum atomic E-state index is 12.1. The molecule has 0 atom stereocenters. The van der Waals surface area contributed by atoms with Crippen LogP contribution < -0.4 is 5.32 Å². The number of aromatic nitrogens is 1. The molecular formula is C18H19N3O. The normalized spacial score (nSPS) is 12.1. The molecule has 2 aromatic rings. The second kappa shape index (κ2) is 7.31. The summed E-state index contributed by atoms with van der Waals surface area (Å²) in [5.74, 6) is 0.363. The third-order valence-corrected chi connectivity index (χ3v) is 3.10. The standard InChI is InChI=1S/C18H19N3O/c1-4-16(17-7-5-6-12-19-17)20-14(3)21-18(22)15-10-8-13(2)9-11-15/h4-12H,1-3H3,(H,20,21,22)/b16-4-. The number of hydrogen-bond donors (Lipinski definition) is 1. The molecule has 0 saturated heterocycles. The minimum atomic E-state index is -0.169. The smallest absolute Gasteiger partial charge is 0.256 e. The van der Waals surface area contributed by atoms with Crippen molar-refractivity contribution < 1.29 is 4.79 Å². The molecule has 0 aliphatic rings. The number of allylic oxidation sites excluding steroid dienone is 1. The number of carbonyl (C=O) groups excluding carboxylic acids is 1. The Morgan fingerprint density at radius 3 is 2.50 bits per heavy atom. The lowest BCUT2D eigenvalue weighted by atomic mass is 10.1. The monoisotopic (exact) mass is 293 g/mol. The van der Waals surface area contributed by atoms with Gasteiger partial charge in [-0.3, -0.25) is 9.78 Å². The van der Waals surface area contributed by atoms with Gasteiger partial charge in [0.25, 0.3) is 5.91 Å². The van der Waals surface area contributed by atoms with Crippen LogP contribution in [-0.4, -0.2) is 16.7 Å². The SMILES string of the molecule is C/C=C(\N=C(C)NC(=O)c1ccc(C)cc1)c1ccccn1. The second-order valence-electron chi connectivity index (χ2n) is 4.91. The first-order valence-electron chi connectivity index (χ1n) is 7.11. The number of rotatable bonds is 3. The number of benzene rings is 1. The summed E-state index contributed by atoms with van der Waals surface area (Å²) in [6.07, 6.45) is 3.58.